The zero-order chi connectivity index (χ0) is 14.5. The van der Waals surface area contributed by atoms with Gasteiger partial charge in [0.15, 0.2) is 0 Å². The number of aliphatic hydroxyl groups is 1. The van der Waals surface area contributed by atoms with Crippen LogP contribution >= 0.6 is 0 Å². The van der Waals surface area contributed by atoms with Gasteiger partial charge in [-0.2, -0.15) is 0 Å². The summed E-state index contributed by atoms with van der Waals surface area (Å²) in [6.45, 7) is 1.18. The summed E-state index contributed by atoms with van der Waals surface area (Å²) in [6, 6.07) is 5.94. The quantitative estimate of drug-likeness (QED) is 0.635. The molecule has 0 aliphatic carbocycles. The highest BCUT2D eigenvalue weighted by Crippen LogP contribution is 2.14. The van der Waals surface area contributed by atoms with Crippen LogP contribution in [0, 0.1) is 10.1 Å². The van der Waals surface area contributed by atoms with Crippen molar-refractivity contribution in [2.75, 3.05) is 26.3 Å². The van der Waals surface area contributed by atoms with Gasteiger partial charge in [0, 0.05) is 25.2 Å². The SMILES string of the molecule is O=C(Cc1ccc([N+](=O)[O-])cc1)N1CCOC(CO)C1. The van der Waals surface area contributed by atoms with E-state index in [0.29, 0.717) is 19.7 Å². The highest BCUT2D eigenvalue weighted by atomic mass is 16.6. The molecule has 0 aromatic heterocycles. The molecule has 1 aromatic rings. The third-order valence-electron chi connectivity index (χ3n) is 3.20. The first-order chi connectivity index (χ1) is 9.60. The predicted octanol–water partition coefficient (Wildman–Crippen LogP) is 0.357. The van der Waals surface area contributed by atoms with Gasteiger partial charge in [-0.05, 0) is 5.56 Å². The van der Waals surface area contributed by atoms with Crippen molar-refractivity contribution in [2.24, 2.45) is 0 Å². The fourth-order valence-corrected chi connectivity index (χ4v) is 2.08. The zero-order valence-electron chi connectivity index (χ0n) is 10.9. The van der Waals surface area contributed by atoms with Gasteiger partial charge < -0.3 is 14.7 Å². The lowest BCUT2D eigenvalue weighted by Crippen LogP contribution is -2.47. The van der Waals surface area contributed by atoms with Gasteiger partial charge in [0.25, 0.3) is 5.69 Å². The second-order valence-corrected chi connectivity index (χ2v) is 4.62. The summed E-state index contributed by atoms with van der Waals surface area (Å²) in [5, 5.41) is 19.6. The first-order valence-corrected chi connectivity index (χ1v) is 6.33. The molecule has 0 saturated carbocycles. The lowest BCUT2D eigenvalue weighted by Gasteiger charge is -2.32. The molecule has 2 rings (SSSR count). The van der Waals surface area contributed by atoms with Gasteiger partial charge in [-0.3, -0.25) is 14.9 Å². The number of morpholine rings is 1. The van der Waals surface area contributed by atoms with Crippen LogP contribution in [0.2, 0.25) is 0 Å². The molecule has 1 aliphatic heterocycles. The van der Waals surface area contributed by atoms with Crippen molar-refractivity contribution in [3.63, 3.8) is 0 Å². The van der Waals surface area contributed by atoms with Crippen LogP contribution in [-0.4, -0.2) is 53.2 Å². The van der Waals surface area contributed by atoms with Gasteiger partial charge in [0.05, 0.1) is 30.7 Å². The Hall–Kier alpha value is -1.99. The van der Waals surface area contributed by atoms with Crippen LogP contribution in [-0.2, 0) is 16.0 Å². The number of carbonyl (C=O) groups is 1. The predicted molar refractivity (Wildman–Crippen MR) is 70.2 cm³/mol. The number of non-ortho nitro benzene ring substituents is 1. The minimum absolute atomic E-state index is 0.00733. The Labute approximate surface area is 115 Å². The van der Waals surface area contributed by atoms with E-state index in [0.717, 1.165) is 5.56 Å². The third kappa shape index (κ3) is 3.52. The standard InChI is InChI=1S/C13H16N2O5/c16-9-12-8-14(5-6-20-12)13(17)7-10-1-3-11(4-2-10)15(18)19/h1-4,12,16H,5-9H2. The van der Waals surface area contributed by atoms with E-state index in [-0.39, 0.29) is 30.7 Å². The van der Waals surface area contributed by atoms with Crippen LogP contribution in [0.4, 0.5) is 5.69 Å². The van der Waals surface area contributed by atoms with Crippen molar-refractivity contribution in [3.05, 3.63) is 39.9 Å². The molecule has 1 saturated heterocycles. The largest absolute Gasteiger partial charge is 0.394 e. The van der Waals surface area contributed by atoms with Gasteiger partial charge in [-0.25, -0.2) is 0 Å². The van der Waals surface area contributed by atoms with E-state index in [1.165, 1.54) is 12.1 Å². The molecule has 0 bridgehead atoms. The number of nitro groups is 1. The summed E-state index contributed by atoms with van der Waals surface area (Å²) in [4.78, 5) is 23.8. The van der Waals surface area contributed by atoms with E-state index < -0.39 is 4.92 Å². The molecule has 0 radical (unpaired) electrons. The molecule has 1 aromatic carbocycles. The van der Waals surface area contributed by atoms with Crippen LogP contribution < -0.4 is 0 Å². The number of ether oxygens (including phenoxy) is 1. The number of nitro benzene ring substituents is 1. The minimum Gasteiger partial charge on any atom is -0.394 e. The van der Waals surface area contributed by atoms with Crippen molar-refractivity contribution in [1.29, 1.82) is 0 Å². The molecule has 1 N–H and O–H groups in total. The summed E-state index contributed by atoms with van der Waals surface area (Å²) in [5.41, 5.74) is 0.737. The van der Waals surface area contributed by atoms with E-state index in [1.807, 2.05) is 0 Å². The fourth-order valence-electron chi connectivity index (χ4n) is 2.08. The summed E-state index contributed by atoms with van der Waals surface area (Å²) in [7, 11) is 0. The van der Waals surface area contributed by atoms with Crippen LogP contribution in [0.1, 0.15) is 5.56 Å². The Morgan fingerprint density at radius 2 is 2.15 bits per heavy atom. The number of hydrogen-bond donors (Lipinski definition) is 1. The maximum atomic E-state index is 12.1. The van der Waals surface area contributed by atoms with Crippen molar-refractivity contribution < 1.29 is 19.6 Å². The smallest absolute Gasteiger partial charge is 0.269 e. The second kappa shape index (κ2) is 6.44. The van der Waals surface area contributed by atoms with Crippen LogP contribution in [0.25, 0.3) is 0 Å². The van der Waals surface area contributed by atoms with Crippen molar-refractivity contribution in [2.45, 2.75) is 12.5 Å². The Balaban J connectivity index is 1.95. The molecule has 1 amide bonds. The average Bonchev–Trinajstić information content (AvgIpc) is 2.47. The maximum Gasteiger partial charge on any atom is 0.269 e. The Morgan fingerprint density at radius 3 is 2.75 bits per heavy atom. The summed E-state index contributed by atoms with van der Waals surface area (Å²) in [5.74, 6) is -0.0689. The Kier molecular flexibility index (Phi) is 4.65. The molecule has 1 aliphatic rings. The first-order valence-electron chi connectivity index (χ1n) is 6.33. The molecule has 108 valence electrons. The fraction of sp³-hybridized carbons (Fsp3) is 0.462. The van der Waals surface area contributed by atoms with Crippen molar-refractivity contribution in [3.8, 4) is 0 Å². The molecule has 7 heteroatoms. The zero-order valence-corrected chi connectivity index (χ0v) is 10.9. The number of carbonyl (C=O) groups excluding carboxylic acids is 1. The molecule has 20 heavy (non-hydrogen) atoms. The lowest BCUT2D eigenvalue weighted by molar-refractivity contribution is -0.384. The van der Waals surface area contributed by atoms with E-state index in [4.69, 9.17) is 9.84 Å². The Bertz CT molecular complexity index is 488. The topological polar surface area (TPSA) is 92.9 Å². The summed E-state index contributed by atoms with van der Waals surface area (Å²) < 4.78 is 5.28. The highest BCUT2D eigenvalue weighted by molar-refractivity contribution is 5.79. The molecule has 7 nitrogen and oxygen atoms in total. The molecule has 0 spiro atoms. The van der Waals surface area contributed by atoms with Crippen LogP contribution in [0.5, 0.6) is 0 Å². The monoisotopic (exact) mass is 280 g/mol. The molecule has 1 heterocycles. The maximum absolute atomic E-state index is 12.1. The van der Waals surface area contributed by atoms with Crippen molar-refractivity contribution in [1.82, 2.24) is 4.90 Å². The van der Waals surface area contributed by atoms with Gasteiger partial charge >= 0.3 is 0 Å². The molecule has 1 unspecified atom stereocenters. The van der Waals surface area contributed by atoms with Gasteiger partial charge in [0.2, 0.25) is 5.91 Å². The number of nitrogens with zero attached hydrogens (tertiary/aromatic N) is 2. The molecule has 1 fully saturated rings. The molecular formula is C13H16N2O5. The number of aliphatic hydroxyl groups excluding tert-OH is 1. The van der Waals surface area contributed by atoms with E-state index in [2.05, 4.69) is 0 Å². The summed E-state index contributed by atoms with van der Waals surface area (Å²) in [6.07, 6.45) is -0.138. The minimum atomic E-state index is -0.473. The average molecular weight is 280 g/mol. The van der Waals surface area contributed by atoms with Crippen LogP contribution in [0.3, 0.4) is 0 Å². The normalized spacial score (nSPS) is 18.9. The van der Waals surface area contributed by atoms with E-state index in [9.17, 15) is 14.9 Å². The number of rotatable bonds is 4. The highest BCUT2D eigenvalue weighted by Gasteiger charge is 2.23. The van der Waals surface area contributed by atoms with Crippen LogP contribution in [0.15, 0.2) is 24.3 Å². The third-order valence-corrected chi connectivity index (χ3v) is 3.20. The van der Waals surface area contributed by atoms with E-state index >= 15 is 0 Å². The van der Waals surface area contributed by atoms with Gasteiger partial charge in [-0.15, -0.1) is 0 Å². The number of hydrogen-bond acceptors (Lipinski definition) is 5. The van der Waals surface area contributed by atoms with E-state index in [1.54, 1.807) is 17.0 Å². The molecule has 1 atom stereocenters. The number of amides is 1. The summed E-state index contributed by atoms with van der Waals surface area (Å²) >= 11 is 0. The van der Waals surface area contributed by atoms with Gasteiger partial charge in [-0.1, -0.05) is 12.1 Å². The second-order valence-electron chi connectivity index (χ2n) is 4.62. The Morgan fingerprint density at radius 1 is 1.45 bits per heavy atom. The van der Waals surface area contributed by atoms with Gasteiger partial charge in [0.1, 0.15) is 0 Å². The lowest BCUT2D eigenvalue weighted by atomic mass is 10.1. The number of benzene rings is 1. The first kappa shape index (κ1) is 14.4. The van der Waals surface area contributed by atoms with Crippen molar-refractivity contribution >= 4 is 11.6 Å². The molecular weight excluding hydrogens is 264 g/mol.